The smallest absolute Gasteiger partial charge is 0.119 e. The zero-order chi connectivity index (χ0) is 12.8. The topological polar surface area (TPSA) is 65.6 Å². The highest BCUT2D eigenvalue weighted by atomic mass is 16.5. The Hall–Kier alpha value is -2.02. The lowest BCUT2D eigenvalue weighted by Crippen LogP contribution is -2.12. The molecule has 0 saturated carbocycles. The van der Waals surface area contributed by atoms with Crippen molar-refractivity contribution in [2.24, 2.45) is 5.16 Å². The maximum atomic E-state index is 8.99. The number of aryl methyl sites for hydroxylation is 1. The Bertz CT molecular complexity index is 489. The van der Waals surface area contributed by atoms with E-state index in [1.54, 1.807) is 0 Å². The quantitative estimate of drug-likeness (QED) is 0.503. The minimum absolute atomic E-state index is 0.508. The van der Waals surface area contributed by atoms with Crippen LogP contribution >= 0.6 is 0 Å². The predicted molar refractivity (Wildman–Crippen MR) is 68.0 cm³/mol. The number of ether oxygens (including phenoxy) is 1. The number of nitrogens with zero attached hydrogens (tertiary/aromatic N) is 2. The second kappa shape index (κ2) is 6.06. The molecule has 1 aliphatic rings. The van der Waals surface area contributed by atoms with Crippen molar-refractivity contribution in [3.05, 3.63) is 29.3 Å². The summed E-state index contributed by atoms with van der Waals surface area (Å²) < 4.78 is 5.58. The van der Waals surface area contributed by atoms with Gasteiger partial charge in [-0.3, -0.25) is 0 Å². The fourth-order valence-electron chi connectivity index (χ4n) is 2.16. The van der Waals surface area contributed by atoms with Gasteiger partial charge in [0.15, 0.2) is 0 Å². The van der Waals surface area contributed by atoms with Crippen molar-refractivity contribution in [1.82, 2.24) is 0 Å². The summed E-state index contributed by atoms with van der Waals surface area (Å²) in [5, 5.41) is 20.8. The number of hydrogen-bond donors (Lipinski definition) is 1. The summed E-state index contributed by atoms with van der Waals surface area (Å²) in [6.07, 6.45) is 4.09. The molecule has 0 radical (unpaired) electrons. The highest BCUT2D eigenvalue weighted by Gasteiger charge is 2.16. The summed E-state index contributed by atoms with van der Waals surface area (Å²) in [5.74, 6) is 0.773. The molecule has 0 aliphatic heterocycles. The van der Waals surface area contributed by atoms with E-state index in [1.807, 2.05) is 18.2 Å². The molecule has 0 aromatic heterocycles. The van der Waals surface area contributed by atoms with E-state index < -0.39 is 0 Å². The molecule has 0 spiro atoms. The van der Waals surface area contributed by atoms with Crippen LogP contribution in [0.3, 0.4) is 0 Å². The third-order valence-electron chi connectivity index (χ3n) is 3.07. The maximum Gasteiger partial charge on any atom is 0.119 e. The second-order valence-electron chi connectivity index (χ2n) is 4.33. The lowest BCUT2D eigenvalue weighted by molar-refractivity contribution is 0.312. The van der Waals surface area contributed by atoms with Crippen molar-refractivity contribution in [3.8, 4) is 11.8 Å². The van der Waals surface area contributed by atoms with Crippen molar-refractivity contribution in [2.75, 3.05) is 6.61 Å². The molecule has 94 valence electrons. The summed E-state index contributed by atoms with van der Waals surface area (Å²) in [4.78, 5) is 0. The van der Waals surface area contributed by atoms with Gasteiger partial charge in [0.25, 0.3) is 0 Å². The van der Waals surface area contributed by atoms with E-state index in [4.69, 9.17) is 15.2 Å². The van der Waals surface area contributed by atoms with Gasteiger partial charge in [0.05, 0.1) is 18.4 Å². The van der Waals surface area contributed by atoms with Gasteiger partial charge in [-0.2, -0.15) is 5.26 Å². The van der Waals surface area contributed by atoms with Crippen LogP contribution in [0.4, 0.5) is 0 Å². The minimum Gasteiger partial charge on any atom is -0.494 e. The van der Waals surface area contributed by atoms with Crippen LogP contribution in [0.15, 0.2) is 23.4 Å². The normalized spacial score (nSPS) is 16.1. The predicted octanol–water partition coefficient (Wildman–Crippen LogP) is 2.88. The van der Waals surface area contributed by atoms with E-state index in [0.717, 1.165) is 42.7 Å². The summed E-state index contributed by atoms with van der Waals surface area (Å²) >= 11 is 0. The van der Waals surface area contributed by atoms with Gasteiger partial charge in [-0.25, -0.2) is 0 Å². The number of rotatable bonds is 4. The van der Waals surface area contributed by atoms with Crippen LogP contribution in [0.1, 0.15) is 36.8 Å². The van der Waals surface area contributed by atoms with Crippen LogP contribution in [-0.4, -0.2) is 17.5 Å². The number of benzene rings is 1. The SMILES string of the molecule is N#CCCCOc1ccc2c(c1)/C(=N\O)CCC2. The molecule has 0 saturated heterocycles. The minimum atomic E-state index is 0.508. The van der Waals surface area contributed by atoms with E-state index >= 15 is 0 Å². The van der Waals surface area contributed by atoms with Gasteiger partial charge in [0.2, 0.25) is 0 Å². The molecule has 0 atom stereocenters. The molecule has 0 amide bonds. The summed E-state index contributed by atoms with van der Waals surface area (Å²) in [5.41, 5.74) is 2.93. The fourth-order valence-corrected chi connectivity index (χ4v) is 2.16. The Morgan fingerprint density at radius 3 is 3.06 bits per heavy atom. The molecule has 0 bridgehead atoms. The molecule has 2 rings (SSSR count). The van der Waals surface area contributed by atoms with E-state index in [2.05, 4.69) is 11.2 Å². The molecule has 0 unspecified atom stereocenters. The third kappa shape index (κ3) is 2.80. The number of oxime groups is 1. The molecular formula is C14H16N2O2. The van der Waals surface area contributed by atoms with Gasteiger partial charge >= 0.3 is 0 Å². The van der Waals surface area contributed by atoms with E-state index in [0.29, 0.717) is 13.0 Å². The van der Waals surface area contributed by atoms with Crippen LogP contribution < -0.4 is 4.74 Å². The molecule has 1 aliphatic carbocycles. The molecular weight excluding hydrogens is 228 g/mol. The monoisotopic (exact) mass is 244 g/mol. The standard InChI is InChI=1S/C14H16N2O2/c15-8-1-2-9-18-12-7-6-11-4-3-5-14(16-17)13(11)10-12/h6-7,10,17H,1-5,9H2/b16-14-. The largest absolute Gasteiger partial charge is 0.494 e. The molecule has 18 heavy (non-hydrogen) atoms. The molecule has 1 N–H and O–H groups in total. The lowest BCUT2D eigenvalue weighted by Gasteiger charge is -2.17. The van der Waals surface area contributed by atoms with E-state index in [-0.39, 0.29) is 0 Å². The van der Waals surface area contributed by atoms with Crippen LogP contribution in [0, 0.1) is 11.3 Å². The van der Waals surface area contributed by atoms with Crippen LogP contribution in [0.5, 0.6) is 5.75 Å². The zero-order valence-corrected chi connectivity index (χ0v) is 10.2. The molecule has 0 fully saturated rings. The summed E-state index contributed by atoms with van der Waals surface area (Å²) in [7, 11) is 0. The van der Waals surface area contributed by atoms with Gasteiger partial charge in [-0.15, -0.1) is 0 Å². The first-order valence-electron chi connectivity index (χ1n) is 6.19. The zero-order valence-electron chi connectivity index (χ0n) is 10.2. The van der Waals surface area contributed by atoms with Gasteiger partial charge in [0, 0.05) is 12.0 Å². The third-order valence-corrected chi connectivity index (χ3v) is 3.07. The number of hydrogen-bond acceptors (Lipinski definition) is 4. The Morgan fingerprint density at radius 2 is 2.28 bits per heavy atom. The summed E-state index contributed by atoms with van der Waals surface area (Å²) in [6, 6.07) is 7.98. The molecule has 1 aromatic carbocycles. The Labute approximate surface area is 106 Å². The second-order valence-corrected chi connectivity index (χ2v) is 4.33. The van der Waals surface area contributed by atoms with E-state index in [9.17, 15) is 0 Å². The van der Waals surface area contributed by atoms with Crippen molar-refractivity contribution in [3.63, 3.8) is 0 Å². The molecule has 4 nitrogen and oxygen atoms in total. The van der Waals surface area contributed by atoms with Crippen molar-refractivity contribution in [2.45, 2.75) is 32.1 Å². The molecule has 0 heterocycles. The first-order chi connectivity index (χ1) is 8.85. The van der Waals surface area contributed by atoms with E-state index in [1.165, 1.54) is 5.56 Å². The van der Waals surface area contributed by atoms with Gasteiger partial charge < -0.3 is 9.94 Å². The highest BCUT2D eigenvalue weighted by Crippen LogP contribution is 2.26. The highest BCUT2D eigenvalue weighted by molar-refractivity contribution is 6.02. The first kappa shape index (κ1) is 12.4. The van der Waals surface area contributed by atoms with Crippen molar-refractivity contribution in [1.29, 1.82) is 5.26 Å². The number of unbranched alkanes of at least 4 members (excludes halogenated alkanes) is 1. The Kier molecular flexibility index (Phi) is 4.19. The number of fused-ring (bicyclic) bond motifs is 1. The van der Waals surface area contributed by atoms with Gasteiger partial charge in [0.1, 0.15) is 5.75 Å². The van der Waals surface area contributed by atoms with Crippen LogP contribution in [0.25, 0.3) is 0 Å². The Morgan fingerprint density at radius 1 is 1.39 bits per heavy atom. The van der Waals surface area contributed by atoms with Crippen molar-refractivity contribution >= 4 is 5.71 Å². The number of nitriles is 1. The van der Waals surface area contributed by atoms with Crippen LogP contribution in [-0.2, 0) is 6.42 Å². The van der Waals surface area contributed by atoms with Gasteiger partial charge in [-0.05, 0) is 43.4 Å². The fraction of sp³-hybridized carbons (Fsp3) is 0.429. The Balaban J connectivity index is 2.08. The lowest BCUT2D eigenvalue weighted by atomic mass is 9.90. The first-order valence-corrected chi connectivity index (χ1v) is 6.19. The van der Waals surface area contributed by atoms with Crippen LogP contribution in [0.2, 0.25) is 0 Å². The average molecular weight is 244 g/mol. The van der Waals surface area contributed by atoms with Crippen molar-refractivity contribution < 1.29 is 9.94 Å². The molecule has 4 heteroatoms. The summed E-state index contributed by atoms with van der Waals surface area (Å²) in [6.45, 7) is 0.540. The van der Waals surface area contributed by atoms with Gasteiger partial charge in [-0.1, -0.05) is 11.2 Å². The molecule has 1 aromatic rings. The average Bonchev–Trinajstić information content (AvgIpc) is 2.43. The maximum absolute atomic E-state index is 8.99.